The number of ether oxygens (including phenoxy) is 1. The lowest BCUT2D eigenvalue weighted by Crippen LogP contribution is -2.51. The molecule has 4 rings (SSSR count). The molecule has 0 spiro atoms. The van der Waals surface area contributed by atoms with E-state index in [1.807, 2.05) is 0 Å². The Morgan fingerprint density at radius 1 is 1.00 bits per heavy atom. The summed E-state index contributed by atoms with van der Waals surface area (Å²) in [6.45, 7) is 0.381. The number of alkyl halides is 3. The van der Waals surface area contributed by atoms with Gasteiger partial charge in [0.1, 0.15) is 0 Å². The summed E-state index contributed by atoms with van der Waals surface area (Å²) in [6.07, 6.45) is -4.00. The second kappa shape index (κ2) is 9.18. The number of halogens is 3. The first kappa shape index (κ1) is 22.7. The number of fused-ring (bicyclic) bond motifs is 1. The van der Waals surface area contributed by atoms with E-state index in [0.29, 0.717) is 18.0 Å². The zero-order chi connectivity index (χ0) is 23.6. The van der Waals surface area contributed by atoms with Crippen molar-refractivity contribution in [1.29, 1.82) is 0 Å². The highest BCUT2D eigenvalue weighted by Crippen LogP contribution is 2.37. The van der Waals surface area contributed by atoms with Crippen LogP contribution in [0.4, 0.5) is 13.2 Å². The van der Waals surface area contributed by atoms with Crippen LogP contribution in [-0.2, 0) is 15.7 Å². The molecule has 0 aliphatic carbocycles. The van der Waals surface area contributed by atoms with Gasteiger partial charge in [-0.2, -0.15) is 13.2 Å². The molecule has 2 aromatic heterocycles. The van der Waals surface area contributed by atoms with E-state index in [1.54, 1.807) is 28.5 Å². The van der Waals surface area contributed by atoms with Crippen LogP contribution in [0.15, 0.2) is 48.0 Å². The maximum absolute atomic E-state index is 13.7. The molecule has 0 radical (unpaired) electrons. The minimum atomic E-state index is -4.81. The van der Waals surface area contributed by atoms with Crippen LogP contribution >= 0.6 is 11.3 Å². The molecule has 33 heavy (non-hydrogen) atoms. The van der Waals surface area contributed by atoms with Gasteiger partial charge in [-0.3, -0.25) is 14.6 Å². The zero-order valence-corrected chi connectivity index (χ0v) is 18.0. The molecule has 0 unspecified atom stereocenters. The van der Waals surface area contributed by atoms with E-state index >= 15 is 0 Å². The highest BCUT2D eigenvalue weighted by atomic mass is 32.1. The average molecular weight is 477 g/mol. The highest BCUT2D eigenvalue weighted by Gasteiger charge is 2.38. The number of pyridine rings is 1. The summed E-state index contributed by atoms with van der Waals surface area (Å²) < 4.78 is 46.0. The molecule has 11 heteroatoms. The van der Waals surface area contributed by atoms with Gasteiger partial charge in [0.15, 0.2) is 6.61 Å². The molecule has 0 saturated carbocycles. The standard InChI is InChI=1S/C22H18F3N3O4S/c23-22(24,25)19-14-4-1-2-5-16(14)26-12-15(19)21(31)32-13-18(29)27-7-9-28(10-8-27)20(30)17-6-3-11-33-17/h1-6,11-12H,7-10,13H2. The van der Waals surface area contributed by atoms with Crippen molar-refractivity contribution in [2.75, 3.05) is 32.8 Å². The lowest BCUT2D eigenvalue weighted by Gasteiger charge is -2.34. The van der Waals surface area contributed by atoms with Gasteiger partial charge in [-0.05, 0) is 17.5 Å². The SMILES string of the molecule is O=C(OCC(=O)N1CCN(C(=O)c2cccs2)CC1)c1cnc2ccccc2c1C(F)(F)F. The number of aromatic nitrogens is 1. The van der Waals surface area contributed by atoms with E-state index in [4.69, 9.17) is 4.74 Å². The van der Waals surface area contributed by atoms with Gasteiger partial charge in [0.05, 0.1) is 21.5 Å². The number of thiophene rings is 1. The van der Waals surface area contributed by atoms with Gasteiger partial charge in [0.25, 0.3) is 11.8 Å². The van der Waals surface area contributed by atoms with Crippen molar-refractivity contribution in [2.24, 2.45) is 0 Å². The Balaban J connectivity index is 1.39. The molecule has 2 amide bonds. The van der Waals surface area contributed by atoms with Gasteiger partial charge in [0, 0.05) is 37.8 Å². The van der Waals surface area contributed by atoms with E-state index in [0.717, 1.165) is 6.20 Å². The summed E-state index contributed by atoms with van der Waals surface area (Å²) in [5.41, 5.74) is -1.81. The maximum atomic E-state index is 13.7. The summed E-state index contributed by atoms with van der Waals surface area (Å²) in [6, 6.07) is 9.10. The van der Waals surface area contributed by atoms with Crippen LogP contribution in [0.3, 0.4) is 0 Å². The summed E-state index contributed by atoms with van der Waals surface area (Å²) in [4.78, 5) is 44.8. The van der Waals surface area contributed by atoms with E-state index in [1.165, 1.54) is 34.4 Å². The van der Waals surface area contributed by atoms with Crippen LogP contribution in [0, 0.1) is 0 Å². The number of carbonyl (C=O) groups excluding carboxylic acids is 3. The lowest BCUT2D eigenvalue weighted by molar-refractivity contribution is -0.137. The number of hydrogen-bond donors (Lipinski definition) is 0. The molecule has 0 atom stereocenters. The molecule has 0 N–H and O–H groups in total. The number of benzene rings is 1. The first-order chi connectivity index (χ1) is 15.8. The Labute approximate surface area is 190 Å². The molecule has 1 aliphatic heterocycles. The number of rotatable bonds is 4. The Hall–Kier alpha value is -3.47. The summed E-state index contributed by atoms with van der Waals surface area (Å²) in [5, 5.41) is 1.58. The van der Waals surface area contributed by atoms with Crippen molar-refractivity contribution in [3.63, 3.8) is 0 Å². The van der Waals surface area contributed by atoms with Gasteiger partial charge in [-0.1, -0.05) is 24.3 Å². The molecule has 3 heterocycles. The third-order valence-electron chi connectivity index (χ3n) is 5.26. The number of para-hydroxylation sites is 1. The zero-order valence-electron chi connectivity index (χ0n) is 17.2. The molecular weight excluding hydrogens is 459 g/mol. The number of esters is 1. The number of piperazine rings is 1. The van der Waals surface area contributed by atoms with Gasteiger partial charge >= 0.3 is 12.1 Å². The van der Waals surface area contributed by atoms with Crippen molar-refractivity contribution < 1.29 is 32.3 Å². The second-order valence-electron chi connectivity index (χ2n) is 7.29. The fraction of sp³-hybridized carbons (Fsp3) is 0.273. The molecule has 1 aliphatic rings. The number of carbonyl (C=O) groups is 3. The second-order valence-corrected chi connectivity index (χ2v) is 8.24. The van der Waals surface area contributed by atoms with Crippen molar-refractivity contribution in [3.05, 3.63) is 64.0 Å². The van der Waals surface area contributed by atoms with E-state index in [-0.39, 0.29) is 29.9 Å². The fourth-order valence-corrected chi connectivity index (χ4v) is 4.30. The quantitative estimate of drug-likeness (QED) is 0.538. The fourth-order valence-electron chi connectivity index (χ4n) is 3.61. The molecular formula is C22H18F3N3O4S. The Morgan fingerprint density at radius 3 is 2.36 bits per heavy atom. The van der Waals surface area contributed by atoms with Gasteiger partial charge in [-0.15, -0.1) is 11.3 Å². The van der Waals surface area contributed by atoms with Gasteiger partial charge in [-0.25, -0.2) is 4.79 Å². The summed E-state index contributed by atoms with van der Waals surface area (Å²) in [5.74, 6) is -1.94. The Kier molecular flexibility index (Phi) is 6.32. The predicted octanol–water partition coefficient (Wildman–Crippen LogP) is 3.46. The van der Waals surface area contributed by atoms with Gasteiger partial charge in [0.2, 0.25) is 0 Å². The van der Waals surface area contributed by atoms with Gasteiger partial charge < -0.3 is 14.5 Å². The number of nitrogens with zero attached hydrogens (tertiary/aromatic N) is 3. The van der Waals surface area contributed by atoms with Crippen molar-refractivity contribution >= 4 is 40.0 Å². The Bertz CT molecular complexity index is 1190. The van der Waals surface area contributed by atoms with Crippen LogP contribution in [0.2, 0.25) is 0 Å². The first-order valence-corrected chi connectivity index (χ1v) is 10.9. The topological polar surface area (TPSA) is 79.8 Å². The molecule has 1 saturated heterocycles. The largest absolute Gasteiger partial charge is 0.452 e. The third-order valence-corrected chi connectivity index (χ3v) is 6.11. The van der Waals surface area contributed by atoms with E-state index < -0.39 is 35.8 Å². The smallest absolute Gasteiger partial charge is 0.417 e. The normalized spacial score (nSPS) is 14.4. The highest BCUT2D eigenvalue weighted by molar-refractivity contribution is 7.12. The minimum Gasteiger partial charge on any atom is -0.452 e. The van der Waals surface area contributed by atoms with Crippen molar-refractivity contribution in [2.45, 2.75) is 6.18 Å². The predicted molar refractivity (Wildman–Crippen MR) is 114 cm³/mol. The maximum Gasteiger partial charge on any atom is 0.417 e. The molecule has 1 aromatic carbocycles. The van der Waals surface area contributed by atoms with Crippen LogP contribution in [0.25, 0.3) is 10.9 Å². The molecule has 0 bridgehead atoms. The third kappa shape index (κ3) is 4.82. The first-order valence-electron chi connectivity index (χ1n) is 9.98. The van der Waals surface area contributed by atoms with E-state index in [2.05, 4.69) is 4.98 Å². The van der Waals surface area contributed by atoms with Crippen LogP contribution < -0.4 is 0 Å². The van der Waals surface area contributed by atoms with Crippen molar-refractivity contribution in [1.82, 2.24) is 14.8 Å². The van der Waals surface area contributed by atoms with Crippen LogP contribution in [0.1, 0.15) is 25.6 Å². The van der Waals surface area contributed by atoms with Crippen LogP contribution in [-0.4, -0.2) is 65.4 Å². The lowest BCUT2D eigenvalue weighted by atomic mass is 10.0. The molecule has 172 valence electrons. The number of hydrogen-bond acceptors (Lipinski definition) is 6. The van der Waals surface area contributed by atoms with E-state index in [9.17, 15) is 27.6 Å². The molecule has 3 aromatic rings. The minimum absolute atomic E-state index is 0.0902. The van der Waals surface area contributed by atoms with Crippen LogP contribution in [0.5, 0.6) is 0 Å². The summed E-state index contributed by atoms with van der Waals surface area (Å²) in [7, 11) is 0. The molecule has 1 fully saturated rings. The molecule has 7 nitrogen and oxygen atoms in total. The average Bonchev–Trinajstić information content (AvgIpc) is 3.35. The Morgan fingerprint density at radius 2 is 1.70 bits per heavy atom. The number of amides is 2. The summed E-state index contributed by atoms with van der Waals surface area (Å²) >= 11 is 1.33. The van der Waals surface area contributed by atoms with Crippen molar-refractivity contribution in [3.8, 4) is 0 Å². The monoisotopic (exact) mass is 477 g/mol.